The van der Waals surface area contributed by atoms with Gasteiger partial charge >= 0.3 is 5.97 Å². The molecule has 2 rings (SSSR count). The molecule has 0 bridgehead atoms. The average Bonchev–Trinajstić information content (AvgIpc) is 2.72. The molecule has 0 amide bonds. The first kappa shape index (κ1) is 15.0. The van der Waals surface area contributed by atoms with Gasteiger partial charge in [0.1, 0.15) is 0 Å². The molecule has 0 aliphatic rings. The number of rotatable bonds is 3. The summed E-state index contributed by atoms with van der Waals surface area (Å²) < 4.78 is 6.34. The zero-order valence-electron chi connectivity index (χ0n) is 10.7. The highest BCUT2D eigenvalue weighted by Gasteiger charge is 2.00. The molecule has 104 valence electrons. The number of hydrogen-bond acceptors (Lipinski definition) is 4. The van der Waals surface area contributed by atoms with E-state index >= 15 is 0 Å². The van der Waals surface area contributed by atoms with E-state index in [9.17, 15) is 4.79 Å². The number of thiazole rings is 1. The Kier molecular flexibility index (Phi) is 5.11. The number of benzene rings is 1. The summed E-state index contributed by atoms with van der Waals surface area (Å²) in [5, 5.41) is 1.28. The number of carbonyl (C=O) groups excluding carboxylic acids is 1. The van der Waals surface area contributed by atoms with Crippen LogP contribution in [0.15, 0.2) is 24.3 Å². The number of aromatic amines is 1. The summed E-state index contributed by atoms with van der Waals surface area (Å²) in [5.74, 6) is -0.398. The van der Waals surface area contributed by atoms with Gasteiger partial charge in [0.2, 0.25) is 0 Å². The van der Waals surface area contributed by atoms with Crippen molar-refractivity contribution in [2.75, 3.05) is 6.61 Å². The Morgan fingerprint density at radius 1 is 1.50 bits per heavy atom. The molecular weight excluding hydrogens is 314 g/mol. The number of nitrogens with one attached hydrogen (secondary N) is 1. The normalized spacial score (nSPS) is 12.7. The molecule has 1 heterocycles. The average molecular weight is 326 g/mol. The topological polar surface area (TPSA) is 42.1 Å². The fourth-order valence-corrected chi connectivity index (χ4v) is 2.94. The predicted molar refractivity (Wildman–Crippen MR) is 84.9 cm³/mol. The number of carbonyl (C=O) groups is 1. The molecule has 0 unspecified atom stereocenters. The van der Waals surface area contributed by atoms with Crippen LogP contribution >= 0.6 is 35.2 Å². The van der Waals surface area contributed by atoms with Crippen LogP contribution < -0.4 is 9.88 Å². The van der Waals surface area contributed by atoms with E-state index in [0.29, 0.717) is 20.9 Å². The van der Waals surface area contributed by atoms with E-state index in [1.54, 1.807) is 6.92 Å². The van der Waals surface area contributed by atoms with Crippen LogP contribution in [0.25, 0.3) is 12.2 Å². The first-order chi connectivity index (χ1) is 9.60. The van der Waals surface area contributed by atoms with Gasteiger partial charge in [-0.25, -0.2) is 4.79 Å². The van der Waals surface area contributed by atoms with E-state index in [4.69, 9.17) is 28.6 Å². The lowest BCUT2D eigenvalue weighted by atomic mass is 10.2. The second-order valence-corrected chi connectivity index (χ2v) is 5.98. The zero-order chi connectivity index (χ0) is 14.5. The molecule has 1 aromatic heterocycles. The van der Waals surface area contributed by atoms with Gasteiger partial charge in [0.25, 0.3) is 0 Å². The van der Waals surface area contributed by atoms with Crippen molar-refractivity contribution in [1.29, 1.82) is 0 Å². The highest BCUT2D eigenvalue weighted by Crippen LogP contribution is 2.15. The third-order valence-electron chi connectivity index (χ3n) is 2.45. The van der Waals surface area contributed by atoms with E-state index in [1.165, 1.54) is 17.4 Å². The molecule has 0 saturated heterocycles. The van der Waals surface area contributed by atoms with Gasteiger partial charge in [0.15, 0.2) is 3.95 Å². The van der Waals surface area contributed by atoms with Crippen molar-refractivity contribution in [2.24, 2.45) is 0 Å². The first-order valence-corrected chi connectivity index (χ1v) is 7.54. The molecule has 6 heteroatoms. The number of ether oxygens (including phenoxy) is 1. The summed E-state index contributed by atoms with van der Waals surface area (Å²) >= 11 is 12.6. The number of halogens is 1. The van der Waals surface area contributed by atoms with Crippen LogP contribution in [0.3, 0.4) is 0 Å². The predicted octanol–water partition coefficient (Wildman–Crippen LogP) is 2.63. The lowest BCUT2D eigenvalue weighted by Gasteiger charge is -1.95. The standard InChI is InChI=1S/C14H12ClNO2S2/c1-2-18-13(17)8-11-12(20-14(19)16-11)7-9-5-3-4-6-10(9)15/h3-8H,2H2,1H3,(H,16,19)/b11-8-,12-7-. The summed E-state index contributed by atoms with van der Waals surface area (Å²) in [6.45, 7) is 2.10. The third-order valence-corrected chi connectivity index (χ3v) is 3.99. The fraction of sp³-hybridized carbons (Fsp3) is 0.143. The largest absolute Gasteiger partial charge is 0.463 e. The number of hydrogen-bond donors (Lipinski definition) is 1. The maximum Gasteiger partial charge on any atom is 0.332 e. The lowest BCUT2D eigenvalue weighted by molar-refractivity contribution is -0.135. The minimum Gasteiger partial charge on any atom is -0.463 e. The van der Waals surface area contributed by atoms with Crippen molar-refractivity contribution >= 4 is 53.3 Å². The first-order valence-electron chi connectivity index (χ1n) is 5.94. The third kappa shape index (κ3) is 3.79. The lowest BCUT2D eigenvalue weighted by Crippen LogP contribution is -2.23. The molecule has 1 N–H and O–H groups in total. The minimum absolute atomic E-state index is 0.337. The molecule has 0 spiro atoms. The number of aromatic nitrogens is 1. The summed E-state index contributed by atoms with van der Waals surface area (Å²) in [6.07, 6.45) is 3.29. The molecule has 0 saturated carbocycles. The van der Waals surface area contributed by atoms with Crippen molar-refractivity contribution in [1.82, 2.24) is 4.98 Å². The quantitative estimate of drug-likeness (QED) is 0.697. The Morgan fingerprint density at radius 2 is 2.25 bits per heavy atom. The van der Waals surface area contributed by atoms with Crippen molar-refractivity contribution in [2.45, 2.75) is 6.92 Å². The van der Waals surface area contributed by atoms with E-state index < -0.39 is 5.97 Å². The summed E-state index contributed by atoms with van der Waals surface area (Å²) in [6, 6.07) is 7.48. The minimum atomic E-state index is -0.398. The Hall–Kier alpha value is -1.43. The van der Waals surface area contributed by atoms with Gasteiger partial charge in [-0.3, -0.25) is 0 Å². The zero-order valence-corrected chi connectivity index (χ0v) is 13.1. The molecule has 0 radical (unpaired) electrons. The molecule has 0 aliphatic heterocycles. The van der Waals surface area contributed by atoms with Gasteiger partial charge in [-0.2, -0.15) is 0 Å². The van der Waals surface area contributed by atoms with Crippen LogP contribution in [0.2, 0.25) is 5.02 Å². The van der Waals surface area contributed by atoms with Crippen molar-refractivity contribution in [3.05, 3.63) is 48.7 Å². The molecular formula is C14H12ClNO2S2. The number of esters is 1. The van der Waals surface area contributed by atoms with Crippen LogP contribution in [0.1, 0.15) is 12.5 Å². The fourth-order valence-electron chi connectivity index (χ4n) is 1.60. The Morgan fingerprint density at radius 3 is 2.95 bits per heavy atom. The van der Waals surface area contributed by atoms with Gasteiger partial charge in [-0.15, -0.1) is 11.3 Å². The van der Waals surface area contributed by atoms with E-state index in [1.807, 2.05) is 30.3 Å². The van der Waals surface area contributed by atoms with Gasteiger partial charge in [0.05, 0.1) is 16.5 Å². The van der Waals surface area contributed by atoms with Gasteiger partial charge in [-0.05, 0) is 36.8 Å². The van der Waals surface area contributed by atoms with E-state index in [-0.39, 0.29) is 0 Å². The van der Waals surface area contributed by atoms with Gasteiger partial charge in [-0.1, -0.05) is 29.8 Å². The Balaban J connectivity index is 2.56. The second-order valence-electron chi connectivity index (χ2n) is 3.85. The summed E-state index contributed by atoms with van der Waals surface area (Å²) in [5.41, 5.74) is 0.873. The van der Waals surface area contributed by atoms with Crippen molar-refractivity contribution < 1.29 is 9.53 Å². The molecule has 3 nitrogen and oxygen atoms in total. The van der Waals surface area contributed by atoms with Crippen LogP contribution in [-0.4, -0.2) is 17.6 Å². The monoisotopic (exact) mass is 325 g/mol. The molecule has 2 aromatic rings. The molecule has 0 fully saturated rings. The van der Waals surface area contributed by atoms with Crippen LogP contribution in [0.5, 0.6) is 0 Å². The highest BCUT2D eigenvalue weighted by molar-refractivity contribution is 7.73. The smallest absolute Gasteiger partial charge is 0.332 e. The second kappa shape index (κ2) is 6.83. The SMILES string of the molecule is CCOC(=O)/C=c1\[nH]c(=S)s\c1=C/c1ccccc1Cl. The summed E-state index contributed by atoms with van der Waals surface area (Å²) in [7, 11) is 0. The highest BCUT2D eigenvalue weighted by atomic mass is 35.5. The Labute approximate surface area is 130 Å². The van der Waals surface area contributed by atoms with E-state index in [2.05, 4.69) is 4.98 Å². The van der Waals surface area contributed by atoms with Gasteiger partial charge in [0, 0.05) is 11.1 Å². The maximum absolute atomic E-state index is 11.5. The molecule has 0 atom stereocenters. The summed E-state index contributed by atoms with van der Waals surface area (Å²) in [4.78, 5) is 14.5. The van der Waals surface area contributed by atoms with Crippen molar-refractivity contribution in [3.63, 3.8) is 0 Å². The molecule has 1 aromatic carbocycles. The molecule has 0 aliphatic carbocycles. The van der Waals surface area contributed by atoms with Crippen LogP contribution in [0, 0.1) is 3.95 Å². The van der Waals surface area contributed by atoms with Gasteiger partial charge < -0.3 is 9.72 Å². The van der Waals surface area contributed by atoms with Crippen molar-refractivity contribution in [3.8, 4) is 0 Å². The maximum atomic E-state index is 11.5. The van der Waals surface area contributed by atoms with Crippen LogP contribution in [-0.2, 0) is 9.53 Å². The van der Waals surface area contributed by atoms with Crippen LogP contribution in [0.4, 0.5) is 0 Å². The number of H-pyrrole nitrogens is 1. The van der Waals surface area contributed by atoms with E-state index in [0.717, 1.165) is 10.1 Å². The molecule has 20 heavy (non-hydrogen) atoms. The Bertz CT molecular complexity index is 792.